The van der Waals surface area contributed by atoms with E-state index in [-0.39, 0.29) is 18.2 Å². The van der Waals surface area contributed by atoms with Gasteiger partial charge in [0.2, 0.25) is 0 Å². The molecule has 0 saturated heterocycles. The fraction of sp³-hybridized carbons (Fsp3) is 0.316. The summed E-state index contributed by atoms with van der Waals surface area (Å²) < 4.78 is 29.3. The molecule has 0 radical (unpaired) electrons. The fourth-order valence-electron chi connectivity index (χ4n) is 3.01. The molecule has 24 heavy (non-hydrogen) atoms. The summed E-state index contributed by atoms with van der Waals surface area (Å²) in [6.45, 7) is -2.75. The lowest BCUT2D eigenvalue weighted by atomic mass is 9.90. The normalized spacial score (nSPS) is 13.5. The molecule has 2 aromatic rings. The summed E-state index contributed by atoms with van der Waals surface area (Å²) in [6, 6.07) is 12.2. The molecule has 0 atom stereocenters. The minimum atomic E-state index is -2.89. The van der Waals surface area contributed by atoms with Crippen LogP contribution in [0.4, 0.5) is 8.78 Å². The molecule has 1 amide bonds. The Hall–Kier alpha value is -2.43. The lowest BCUT2D eigenvalue weighted by Crippen LogP contribution is -2.23. The van der Waals surface area contributed by atoms with Crippen molar-refractivity contribution in [2.24, 2.45) is 0 Å². The molecule has 0 fully saturated rings. The minimum absolute atomic E-state index is 0.0817. The topological polar surface area (TPSA) is 38.3 Å². The van der Waals surface area contributed by atoms with Gasteiger partial charge in [-0.3, -0.25) is 4.79 Å². The van der Waals surface area contributed by atoms with Crippen molar-refractivity contribution in [1.29, 1.82) is 0 Å². The first kappa shape index (κ1) is 16.4. The second-order valence-corrected chi connectivity index (χ2v) is 5.86. The zero-order chi connectivity index (χ0) is 16.9. The van der Waals surface area contributed by atoms with E-state index in [4.69, 9.17) is 0 Å². The van der Waals surface area contributed by atoms with Gasteiger partial charge in [-0.05, 0) is 55.0 Å². The number of ether oxygens (including phenoxy) is 1. The molecular weight excluding hydrogens is 312 g/mol. The second kappa shape index (κ2) is 7.43. The molecule has 0 aliphatic heterocycles. The predicted octanol–water partition coefficient (Wildman–Crippen LogP) is 4.10. The van der Waals surface area contributed by atoms with Gasteiger partial charge in [-0.1, -0.05) is 24.3 Å². The molecule has 5 heteroatoms. The molecule has 0 bridgehead atoms. The predicted molar refractivity (Wildman–Crippen MR) is 87.3 cm³/mol. The van der Waals surface area contributed by atoms with Crippen LogP contribution >= 0.6 is 0 Å². The molecule has 126 valence electrons. The lowest BCUT2D eigenvalue weighted by Gasteiger charge is -2.16. The molecule has 1 aliphatic rings. The van der Waals surface area contributed by atoms with Gasteiger partial charge >= 0.3 is 6.61 Å². The third-order valence-electron chi connectivity index (χ3n) is 4.24. The van der Waals surface area contributed by atoms with Gasteiger partial charge in [-0.15, -0.1) is 0 Å². The average molecular weight is 331 g/mol. The van der Waals surface area contributed by atoms with Crippen LogP contribution in [0.25, 0.3) is 0 Å². The van der Waals surface area contributed by atoms with E-state index in [2.05, 4.69) is 10.1 Å². The monoisotopic (exact) mass is 331 g/mol. The number of rotatable bonds is 5. The number of hydrogen-bond donors (Lipinski definition) is 1. The number of nitrogens with one attached hydrogen (secondary N) is 1. The number of alkyl halides is 2. The SMILES string of the molecule is O=C(NCc1ccccc1OC(F)F)c1ccc2c(c1)CCCC2. The largest absolute Gasteiger partial charge is 0.434 e. The van der Waals surface area contributed by atoms with Crippen LogP contribution in [0.5, 0.6) is 5.75 Å². The number of carbonyl (C=O) groups excluding carboxylic acids is 1. The highest BCUT2D eigenvalue weighted by atomic mass is 19.3. The highest BCUT2D eigenvalue weighted by Crippen LogP contribution is 2.23. The van der Waals surface area contributed by atoms with Crippen molar-refractivity contribution in [2.75, 3.05) is 0 Å². The first-order valence-corrected chi connectivity index (χ1v) is 8.06. The first-order chi connectivity index (χ1) is 11.6. The second-order valence-electron chi connectivity index (χ2n) is 5.86. The van der Waals surface area contributed by atoms with Gasteiger partial charge in [0.25, 0.3) is 5.91 Å². The van der Waals surface area contributed by atoms with Crippen molar-refractivity contribution >= 4 is 5.91 Å². The summed E-state index contributed by atoms with van der Waals surface area (Å²) in [5.74, 6) is -0.131. The Bertz CT molecular complexity index is 731. The smallest absolute Gasteiger partial charge is 0.387 e. The van der Waals surface area contributed by atoms with Crippen molar-refractivity contribution in [3.05, 3.63) is 64.7 Å². The summed E-state index contributed by atoms with van der Waals surface area (Å²) in [5, 5.41) is 2.77. The Labute approximate surface area is 139 Å². The molecule has 3 rings (SSSR count). The third-order valence-corrected chi connectivity index (χ3v) is 4.24. The van der Waals surface area contributed by atoms with Crippen LogP contribution in [0.3, 0.4) is 0 Å². The van der Waals surface area contributed by atoms with E-state index in [0.717, 1.165) is 19.3 Å². The maximum absolute atomic E-state index is 12.4. The van der Waals surface area contributed by atoms with Crippen LogP contribution in [0.1, 0.15) is 39.9 Å². The number of amides is 1. The number of fused-ring (bicyclic) bond motifs is 1. The molecule has 0 spiro atoms. The van der Waals surface area contributed by atoms with Gasteiger partial charge in [0.15, 0.2) is 0 Å². The van der Waals surface area contributed by atoms with E-state index in [9.17, 15) is 13.6 Å². The zero-order valence-corrected chi connectivity index (χ0v) is 13.2. The van der Waals surface area contributed by atoms with Gasteiger partial charge in [-0.2, -0.15) is 8.78 Å². The van der Waals surface area contributed by atoms with Crippen LogP contribution in [0.2, 0.25) is 0 Å². The summed E-state index contributed by atoms with van der Waals surface area (Å²) in [7, 11) is 0. The summed E-state index contributed by atoms with van der Waals surface area (Å²) in [4.78, 5) is 12.3. The fourth-order valence-corrected chi connectivity index (χ4v) is 3.01. The maximum Gasteiger partial charge on any atom is 0.387 e. The number of hydrogen-bond acceptors (Lipinski definition) is 2. The van der Waals surface area contributed by atoms with Gasteiger partial charge < -0.3 is 10.1 Å². The number of carbonyl (C=O) groups is 1. The molecule has 2 aromatic carbocycles. The van der Waals surface area contributed by atoms with Crippen LogP contribution < -0.4 is 10.1 Å². The zero-order valence-electron chi connectivity index (χ0n) is 13.2. The molecule has 0 unspecified atom stereocenters. The van der Waals surface area contributed by atoms with Crippen molar-refractivity contribution in [3.8, 4) is 5.75 Å². The molecule has 3 nitrogen and oxygen atoms in total. The van der Waals surface area contributed by atoms with E-state index in [0.29, 0.717) is 11.1 Å². The van der Waals surface area contributed by atoms with E-state index < -0.39 is 6.61 Å². The third kappa shape index (κ3) is 3.91. The Morgan fingerprint density at radius 1 is 1.08 bits per heavy atom. The van der Waals surface area contributed by atoms with E-state index >= 15 is 0 Å². The number of aryl methyl sites for hydroxylation is 2. The quantitative estimate of drug-likeness (QED) is 0.896. The standard InChI is InChI=1S/C19H19F2NO2/c20-19(21)24-17-8-4-3-7-16(17)12-22-18(23)15-10-9-13-5-1-2-6-14(13)11-15/h3-4,7-11,19H,1-2,5-6,12H2,(H,22,23). The van der Waals surface area contributed by atoms with Gasteiger partial charge in [0.1, 0.15) is 5.75 Å². The Morgan fingerprint density at radius 3 is 2.62 bits per heavy atom. The Kier molecular flexibility index (Phi) is 5.08. The van der Waals surface area contributed by atoms with Crippen LogP contribution in [0.15, 0.2) is 42.5 Å². The van der Waals surface area contributed by atoms with Gasteiger partial charge in [0.05, 0.1) is 0 Å². The van der Waals surface area contributed by atoms with Gasteiger partial charge in [-0.25, -0.2) is 0 Å². The molecular formula is C19H19F2NO2. The van der Waals surface area contributed by atoms with E-state index in [1.165, 1.54) is 23.6 Å². The molecule has 0 saturated carbocycles. The summed E-state index contributed by atoms with van der Waals surface area (Å²) in [5.41, 5.74) is 3.66. The highest BCUT2D eigenvalue weighted by molar-refractivity contribution is 5.94. The molecule has 1 N–H and O–H groups in total. The Morgan fingerprint density at radius 2 is 1.83 bits per heavy atom. The van der Waals surface area contributed by atoms with Crippen molar-refractivity contribution in [1.82, 2.24) is 5.32 Å². The van der Waals surface area contributed by atoms with E-state index in [1.807, 2.05) is 18.2 Å². The average Bonchev–Trinajstić information content (AvgIpc) is 2.60. The molecule has 1 aliphatic carbocycles. The van der Waals surface area contributed by atoms with Crippen LogP contribution in [-0.2, 0) is 19.4 Å². The lowest BCUT2D eigenvalue weighted by molar-refractivity contribution is -0.0504. The van der Waals surface area contributed by atoms with Crippen molar-refractivity contribution in [2.45, 2.75) is 38.8 Å². The number of para-hydroxylation sites is 1. The molecule has 0 heterocycles. The maximum atomic E-state index is 12.4. The Balaban J connectivity index is 1.68. The minimum Gasteiger partial charge on any atom is -0.434 e. The number of halogens is 2. The van der Waals surface area contributed by atoms with Gasteiger partial charge in [0, 0.05) is 17.7 Å². The number of benzene rings is 2. The van der Waals surface area contributed by atoms with E-state index in [1.54, 1.807) is 18.2 Å². The summed E-state index contributed by atoms with van der Waals surface area (Å²) in [6.07, 6.45) is 4.41. The van der Waals surface area contributed by atoms with Crippen LogP contribution in [0, 0.1) is 0 Å². The summed E-state index contributed by atoms with van der Waals surface area (Å²) >= 11 is 0. The molecule has 0 aromatic heterocycles. The highest BCUT2D eigenvalue weighted by Gasteiger charge is 2.14. The van der Waals surface area contributed by atoms with Crippen molar-refractivity contribution in [3.63, 3.8) is 0 Å². The first-order valence-electron chi connectivity index (χ1n) is 8.06. The van der Waals surface area contributed by atoms with Crippen LogP contribution in [-0.4, -0.2) is 12.5 Å². The van der Waals surface area contributed by atoms with Crippen molar-refractivity contribution < 1.29 is 18.3 Å².